The molecule has 0 spiro atoms. The first-order valence-corrected chi connectivity index (χ1v) is 17.5. The lowest BCUT2D eigenvalue weighted by Crippen LogP contribution is -2.12. The Labute approximate surface area is 288 Å². The van der Waals surface area contributed by atoms with E-state index in [0.29, 0.717) is 0 Å². The van der Waals surface area contributed by atoms with Crippen LogP contribution in [0.3, 0.4) is 0 Å². The highest BCUT2D eigenvalue weighted by molar-refractivity contribution is 7.25. The van der Waals surface area contributed by atoms with Crippen molar-refractivity contribution in [3.63, 3.8) is 0 Å². The largest absolute Gasteiger partial charge is 0.309 e. The molecule has 0 N–H and O–H groups in total. The molecule has 2 heterocycles. The second-order valence-corrected chi connectivity index (χ2v) is 13.6. The maximum absolute atomic E-state index is 2.46. The molecule has 3 heteroatoms. The first-order chi connectivity index (χ1) is 24.3. The lowest BCUT2D eigenvalue weighted by molar-refractivity contribution is 1.18. The third kappa shape index (κ3) is 4.47. The molecule has 8 aromatic carbocycles. The molecule has 0 fully saturated rings. The van der Waals surface area contributed by atoms with Crippen LogP contribution < -0.4 is 4.90 Å². The smallest absolute Gasteiger partial charge is 0.0561 e. The van der Waals surface area contributed by atoms with Crippen LogP contribution in [0, 0.1) is 0 Å². The van der Waals surface area contributed by atoms with Gasteiger partial charge in [-0.2, -0.15) is 0 Å². The average Bonchev–Trinajstić information content (AvgIpc) is 3.71. The van der Waals surface area contributed by atoms with E-state index in [4.69, 9.17) is 0 Å². The number of fused-ring (bicyclic) bond motifs is 7. The van der Waals surface area contributed by atoms with Crippen molar-refractivity contribution in [1.82, 2.24) is 4.57 Å². The number of aromatic nitrogens is 1. The highest BCUT2D eigenvalue weighted by Gasteiger charge is 2.21. The lowest BCUT2D eigenvalue weighted by atomic mass is 9.99. The maximum Gasteiger partial charge on any atom is 0.0561 e. The zero-order valence-electron chi connectivity index (χ0n) is 26.6. The number of anilines is 3. The number of benzene rings is 8. The number of hydrogen-bond donors (Lipinski definition) is 0. The fourth-order valence-electron chi connectivity index (χ4n) is 7.57. The van der Waals surface area contributed by atoms with Gasteiger partial charge in [0.2, 0.25) is 0 Å². The van der Waals surface area contributed by atoms with Crippen LogP contribution in [-0.2, 0) is 0 Å². The zero-order chi connectivity index (χ0) is 32.3. The SMILES string of the molecule is c1ccc(-n2c3ccccc3c3ccc(N(c4ccccc4-c4ccc5c(c4)sc4ccccc45)c4cccc5ccccc45)cc32)cc1. The molecule has 10 rings (SSSR count). The van der Waals surface area contributed by atoms with E-state index in [0.717, 1.165) is 22.7 Å². The van der Waals surface area contributed by atoms with Gasteiger partial charge in [0.05, 0.1) is 22.4 Å². The van der Waals surface area contributed by atoms with Gasteiger partial charge in [0.25, 0.3) is 0 Å². The number of thiophene rings is 1. The van der Waals surface area contributed by atoms with Crippen molar-refractivity contribution in [3.8, 4) is 16.8 Å². The lowest BCUT2D eigenvalue weighted by Gasteiger charge is -2.29. The molecule has 49 heavy (non-hydrogen) atoms. The summed E-state index contributed by atoms with van der Waals surface area (Å²) in [5.74, 6) is 0. The summed E-state index contributed by atoms with van der Waals surface area (Å²) in [6.07, 6.45) is 0. The van der Waals surface area contributed by atoms with Crippen molar-refractivity contribution >= 4 is 81.1 Å². The summed E-state index contributed by atoms with van der Waals surface area (Å²) in [6.45, 7) is 0. The van der Waals surface area contributed by atoms with Crippen LogP contribution in [0.1, 0.15) is 0 Å². The summed E-state index contributed by atoms with van der Waals surface area (Å²) < 4.78 is 5.03. The summed E-state index contributed by atoms with van der Waals surface area (Å²) in [7, 11) is 0. The standard InChI is InChI=1S/C46H30N2S/c1-2-15-33(16-3-1)47-43-22-10-7-19-37(43)38-28-26-34(30-44(38)47)48(42-23-12-14-31-13-4-5-17-35(31)42)41-21-9-6-18-36(41)32-25-27-40-39-20-8-11-24-45(39)49-46(40)29-32/h1-30H. The molecule has 0 unspecified atom stereocenters. The van der Waals surface area contributed by atoms with Gasteiger partial charge in [0.15, 0.2) is 0 Å². The molecule has 0 radical (unpaired) electrons. The molecule has 2 nitrogen and oxygen atoms in total. The first-order valence-electron chi connectivity index (χ1n) is 16.7. The predicted molar refractivity (Wildman–Crippen MR) is 211 cm³/mol. The quantitative estimate of drug-likeness (QED) is 0.181. The van der Waals surface area contributed by atoms with Gasteiger partial charge in [-0.25, -0.2) is 0 Å². The van der Waals surface area contributed by atoms with E-state index in [9.17, 15) is 0 Å². The fraction of sp³-hybridized carbons (Fsp3) is 0. The Hall–Kier alpha value is -6.16. The summed E-state index contributed by atoms with van der Waals surface area (Å²) in [5.41, 5.74) is 9.34. The van der Waals surface area contributed by atoms with E-state index in [2.05, 4.69) is 191 Å². The molecule has 2 aromatic heterocycles. The molecular formula is C46H30N2S. The third-order valence-electron chi connectivity index (χ3n) is 9.77. The topological polar surface area (TPSA) is 8.17 Å². The molecule has 0 saturated carbocycles. The van der Waals surface area contributed by atoms with Crippen molar-refractivity contribution in [2.24, 2.45) is 0 Å². The van der Waals surface area contributed by atoms with E-state index in [1.54, 1.807) is 0 Å². The Morgan fingerprint density at radius 2 is 1.06 bits per heavy atom. The van der Waals surface area contributed by atoms with Gasteiger partial charge < -0.3 is 9.47 Å². The summed E-state index contributed by atoms with van der Waals surface area (Å²) >= 11 is 1.87. The maximum atomic E-state index is 2.46. The van der Waals surface area contributed by atoms with Gasteiger partial charge in [0, 0.05) is 53.3 Å². The second kappa shape index (κ2) is 11.2. The summed E-state index contributed by atoms with van der Waals surface area (Å²) in [6, 6.07) is 66.3. The Morgan fingerprint density at radius 1 is 0.408 bits per heavy atom. The van der Waals surface area contributed by atoms with Gasteiger partial charge in [-0.15, -0.1) is 11.3 Å². The minimum atomic E-state index is 1.11. The third-order valence-corrected chi connectivity index (χ3v) is 10.9. The van der Waals surface area contributed by atoms with Gasteiger partial charge in [0.1, 0.15) is 0 Å². The average molecular weight is 643 g/mol. The van der Waals surface area contributed by atoms with Crippen LogP contribution in [0.5, 0.6) is 0 Å². The molecule has 0 amide bonds. The van der Waals surface area contributed by atoms with Crippen molar-refractivity contribution in [2.45, 2.75) is 0 Å². The van der Waals surface area contributed by atoms with E-state index in [1.807, 2.05) is 11.3 Å². The van der Waals surface area contributed by atoms with Gasteiger partial charge >= 0.3 is 0 Å². The molecule has 0 saturated heterocycles. The van der Waals surface area contributed by atoms with Gasteiger partial charge in [-0.05, 0) is 65.5 Å². The molecule has 10 aromatic rings. The van der Waals surface area contributed by atoms with Crippen LogP contribution >= 0.6 is 11.3 Å². The molecule has 0 atom stereocenters. The van der Waals surface area contributed by atoms with Gasteiger partial charge in [-0.3, -0.25) is 0 Å². The molecule has 0 aliphatic heterocycles. The monoisotopic (exact) mass is 642 g/mol. The number of rotatable bonds is 5. The summed E-state index contributed by atoms with van der Waals surface area (Å²) in [5, 5.41) is 7.55. The molecule has 230 valence electrons. The highest BCUT2D eigenvalue weighted by Crippen LogP contribution is 2.46. The van der Waals surface area contributed by atoms with Crippen LogP contribution in [0.15, 0.2) is 182 Å². The normalized spacial score (nSPS) is 11.7. The molecule has 0 aliphatic rings. The van der Waals surface area contributed by atoms with E-state index < -0.39 is 0 Å². The fourth-order valence-corrected chi connectivity index (χ4v) is 8.72. The molecule has 0 aliphatic carbocycles. The van der Waals surface area contributed by atoms with Gasteiger partial charge in [-0.1, -0.05) is 127 Å². The first kappa shape index (κ1) is 27.9. The van der Waals surface area contributed by atoms with Crippen molar-refractivity contribution < 1.29 is 0 Å². The zero-order valence-corrected chi connectivity index (χ0v) is 27.4. The predicted octanol–water partition coefficient (Wildman–Crippen LogP) is 13.4. The Balaban J connectivity index is 1.25. The minimum Gasteiger partial charge on any atom is -0.309 e. The Morgan fingerprint density at radius 3 is 1.98 bits per heavy atom. The van der Waals surface area contributed by atoms with E-state index in [-0.39, 0.29) is 0 Å². The van der Waals surface area contributed by atoms with Crippen molar-refractivity contribution in [1.29, 1.82) is 0 Å². The number of para-hydroxylation sites is 3. The Kier molecular flexibility index (Phi) is 6.39. The van der Waals surface area contributed by atoms with E-state index >= 15 is 0 Å². The second-order valence-electron chi connectivity index (χ2n) is 12.5. The van der Waals surface area contributed by atoms with E-state index in [1.165, 1.54) is 63.9 Å². The van der Waals surface area contributed by atoms with Crippen LogP contribution in [0.25, 0.3) is 69.6 Å². The summed E-state index contributed by atoms with van der Waals surface area (Å²) in [4.78, 5) is 2.46. The molecular weight excluding hydrogens is 613 g/mol. The van der Waals surface area contributed by atoms with Crippen LogP contribution in [0.4, 0.5) is 17.1 Å². The Bertz CT molecular complexity index is 2840. The highest BCUT2D eigenvalue weighted by atomic mass is 32.1. The van der Waals surface area contributed by atoms with Crippen molar-refractivity contribution in [3.05, 3.63) is 182 Å². The van der Waals surface area contributed by atoms with Crippen LogP contribution in [0.2, 0.25) is 0 Å². The van der Waals surface area contributed by atoms with Crippen LogP contribution in [-0.4, -0.2) is 4.57 Å². The minimum absolute atomic E-state index is 1.11. The number of nitrogens with zero attached hydrogens (tertiary/aromatic N) is 2. The van der Waals surface area contributed by atoms with Crippen molar-refractivity contribution in [2.75, 3.05) is 4.90 Å². The number of hydrogen-bond acceptors (Lipinski definition) is 2. The molecule has 0 bridgehead atoms.